The van der Waals surface area contributed by atoms with Crippen molar-refractivity contribution in [3.8, 4) is 5.75 Å². The minimum Gasteiger partial charge on any atom is -0.488 e. The van der Waals surface area contributed by atoms with Gasteiger partial charge in [0.25, 0.3) is 5.69 Å². The molecule has 0 saturated carbocycles. The molecule has 0 bridgehead atoms. The second-order valence-electron chi connectivity index (χ2n) is 4.25. The van der Waals surface area contributed by atoms with Crippen LogP contribution in [-0.4, -0.2) is 16.0 Å². The van der Waals surface area contributed by atoms with Gasteiger partial charge in [-0.3, -0.25) is 10.1 Å². The van der Waals surface area contributed by atoms with E-state index in [1.165, 1.54) is 17.0 Å². The van der Waals surface area contributed by atoms with Crippen molar-refractivity contribution < 1.29 is 19.6 Å². The standard InChI is InChI=1S/C14H13NO5S/c1-2-10-4-5-11(21-10)8-20-9-3-6-13(15(18)19)12(7-9)14(16)17/h3-7H,2,8H2,1H3,(H,16,17). The average molecular weight is 307 g/mol. The van der Waals surface area contributed by atoms with Crippen molar-refractivity contribution in [3.63, 3.8) is 0 Å². The normalized spacial score (nSPS) is 10.3. The van der Waals surface area contributed by atoms with Crippen LogP contribution in [0.4, 0.5) is 5.69 Å². The minimum absolute atomic E-state index is 0.296. The monoisotopic (exact) mass is 307 g/mol. The number of carboxylic acids is 1. The van der Waals surface area contributed by atoms with Gasteiger partial charge >= 0.3 is 5.97 Å². The third-order valence-corrected chi connectivity index (χ3v) is 4.05. The fourth-order valence-electron chi connectivity index (χ4n) is 1.78. The van der Waals surface area contributed by atoms with Crippen LogP contribution in [0, 0.1) is 10.1 Å². The van der Waals surface area contributed by atoms with E-state index in [-0.39, 0.29) is 5.56 Å². The first-order chi connectivity index (χ1) is 10.0. The number of carbonyl (C=O) groups is 1. The molecule has 0 fully saturated rings. The van der Waals surface area contributed by atoms with Crippen molar-refractivity contribution in [2.45, 2.75) is 20.0 Å². The molecule has 0 saturated heterocycles. The van der Waals surface area contributed by atoms with Gasteiger partial charge in [-0.1, -0.05) is 6.92 Å². The van der Waals surface area contributed by atoms with E-state index >= 15 is 0 Å². The number of benzene rings is 1. The Hall–Kier alpha value is -2.41. The van der Waals surface area contributed by atoms with Crippen molar-refractivity contribution in [2.24, 2.45) is 0 Å². The van der Waals surface area contributed by atoms with E-state index in [4.69, 9.17) is 9.84 Å². The first-order valence-corrected chi connectivity index (χ1v) is 7.05. The minimum atomic E-state index is -1.35. The Morgan fingerprint density at radius 3 is 2.62 bits per heavy atom. The lowest BCUT2D eigenvalue weighted by atomic mass is 10.1. The van der Waals surface area contributed by atoms with Crippen molar-refractivity contribution in [3.05, 3.63) is 55.8 Å². The number of ether oxygens (including phenoxy) is 1. The molecule has 0 radical (unpaired) electrons. The molecular formula is C14H13NO5S. The van der Waals surface area contributed by atoms with Gasteiger partial charge in [-0.05, 0) is 24.6 Å². The summed E-state index contributed by atoms with van der Waals surface area (Å²) in [6.45, 7) is 2.37. The second-order valence-corrected chi connectivity index (χ2v) is 5.50. The van der Waals surface area contributed by atoms with Crippen molar-refractivity contribution in [2.75, 3.05) is 0 Å². The fourth-order valence-corrected chi connectivity index (χ4v) is 2.65. The molecule has 110 valence electrons. The number of aromatic carboxylic acids is 1. The third kappa shape index (κ3) is 3.57. The van der Waals surface area contributed by atoms with Crippen LogP contribution in [0.2, 0.25) is 0 Å². The number of rotatable bonds is 6. The first-order valence-electron chi connectivity index (χ1n) is 6.23. The quantitative estimate of drug-likeness (QED) is 0.651. The van der Waals surface area contributed by atoms with Crippen LogP contribution in [0.3, 0.4) is 0 Å². The number of aryl methyl sites for hydroxylation is 1. The molecule has 1 aromatic heterocycles. The number of thiophene rings is 1. The lowest BCUT2D eigenvalue weighted by Gasteiger charge is -2.06. The maximum Gasteiger partial charge on any atom is 0.342 e. The highest BCUT2D eigenvalue weighted by atomic mass is 32.1. The molecule has 0 aliphatic heterocycles. The van der Waals surface area contributed by atoms with Crippen molar-refractivity contribution >= 4 is 23.0 Å². The summed E-state index contributed by atoms with van der Waals surface area (Å²) in [5, 5.41) is 19.8. The SMILES string of the molecule is CCc1ccc(COc2ccc([N+](=O)[O-])c(C(=O)O)c2)s1. The predicted octanol–water partition coefficient (Wildman–Crippen LogP) is 3.50. The molecule has 2 rings (SSSR count). The number of nitrogens with zero attached hydrogens (tertiary/aromatic N) is 1. The highest BCUT2D eigenvalue weighted by molar-refractivity contribution is 7.11. The zero-order valence-electron chi connectivity index (χ0n) is 11.2. The Bertz CT molecular complexity index is 680. The Morgan fingerprint density at radius 2 is 2.05 bits per heavy atom. The number of hydrogen-bond donors (Lipinski definition) is 1. The molecule has 0 spiro atoms. The summed E-state index contributed by atoms with van der Waals surface area (Å²) in [5.74, 6) is -1.05. The van der Waals surface area contributed by atoms with E-state index in [9.17, 15) is 14.9 Å². The molecule has 1 aromatic carbocycles. The van der Waals surface area contributed by atoms with Gasteiger partial charge in [0.1, 0.15) is 17.9 Å². The molecule has 0 amide bonds. The van der Waals surface area contributed by atoms with E-state index in [0.717, 1.165) is 17.4 Å². The third-order valence-electron chi connectivity index (χ3n) is 2.84. The van der Waals surface area contributed by atoms with Gasteiger partial charge in [-0.25, -0.2) is 4.79 Å². The predicted molar refractivity (Wildman–Crippen MR) is 78.1 cm³/mol. The lowest BCUT2D eigenvalue weighted by molar-refractivity contribution is -0.385. The number of nitro groups is 1. The first kappa shape index (κ1) is 15.0. The van der Waals surface area contributed by atoms with Crippen LogP contribution in [0.5, 0.6) is 5.75 Å². The molecule has 6 nitrogen and oxygen atoms in total. The summed E-state index contributed by atoms with van der Waals surface area (Å²) < 4.78 is 5.50. The van der Waals surface area contributed by atoms with Crippen LogP contribution in [-0.2, 0) is 13.0 Å². The Kier molecular flexibility index (Phi) is 4.54. The van der Waals surface area contributed by atoms with Crippen LogP contribution < -0.4 is 4.74 Å². The Labute approximate surface area is 124 Å². The second kappa shape index (κ2) is 6.36. The molecule has 0 aliphatic carbocycles. The van der Waals surface area contributed by atoms with E-state index in [1.54, 1.807) is 11.3 Å². The zero-order chi connectivity index (χ0) is 15.4. The molecule has 0 aliphatic rings. The number of hydrogen-bond acceptors (Lipinski definition) is 5. The summed E-state index contributed by atoms with van der Waals surface area (Å²) >= 11 is 1.62. The molecule has 0 atom stereocenters. The van der Waals surface area contributed by atoms with E-state index < -0.39 is 16.6 Å². The molecular weight excluding hydrogens is 294 g/mol. The smallest absolute Gasteiger partial charge is 0.342 e. The Morgan fingerprint density at radius 1 is 1.33 bits per heavy atom. The van der Waals surface area contributed by atoms with Crippen LogP contribution in [0.15, 0.2) is 30.3 Å². The summed E-state index contributed by atoms with van der Waals surface area (Å²) in [4.78, 5) is 23.3. The maximum atomic E-state index is 11.0. The van der Waals surface area contributed by atoms with E-state index in [0.29, 0.717) is 12.4 Å². The maximum absolute atomic E-state index is 11.0. The van der Waals surface area contributed by atoms with Gasteiger partial charge in [-0.2, -0.15) is 0 Å². The molecule has 1 heterocycles. The van der Waals surface area contributed by atoms with Crippen molar-refractivity contribution in [1.29, 1.82) is 0 Å². The molecule has 1 N–H and O–H groups in total. The lowest BCUT2D eigenvalue weighted by Crippen LogP contribution is -2.03. The highest BCUT2D eigenvalue weighted by Crippen LogP contribution is 2.25. The van der Waals surface area contributed by atoms with Gasteiger partial charge < -0.3 is 9.84 Å². The summed E-state index contributed by atoms with van der Waals surface area (Å²) in [7, 11) is 0. The van der Waals surface area contributed by atoms with Gasteiger partial charge in [0.05, 0.1) is 4.92 Å². The van der Waals surface area contributed by atoms with E-state index in [2.05, 4.69) is 6.92 Å². The molecule has 7 heteroatoms. The number of nitro benzene ring substituents is 1. The van der Waals surface area contributed by atoms with E-state index in [1.807, 2.05) is 12.1 Å². The summed E-state index contributed by atoms with van der Waals surface area (Å²) in [6, 6.07) is 7.69. The van der Waals surface area contributed by atoms with Crippen LogP contribution in [0.25, 0.3) is 0 Å². The van der Waals surface area contributed by atoms with Gasteiger partial charge in [0.2, 0.25) is 0 Å². The van der Waals surface area contributed by atoms with Crippen molar-refractivity contribution in [1.82, 2.24) is 0 Å². The fraction of sp³-hybridized carbons (Fsp3) is 0.214. The van der Waals surface area contributed by atoms with Gasteiger partial charge in [0.15, 0.2) is 0 Å². The van der Waals surface area contributed by atoms with Gasteiger partial charge in [0, 0.05) is 21.9 Å². The van der Waals surface area contributed by atoms with Gasteiger partial charge in [-0.15, -0.1) is 11.3 Å². The average Bonchev–Trinajstić information content (AvgIpc) is 2.92. The molecule has 0 unspecified atom stereocenters. The summed E-state index contributed by atoms with van der Waals surface area (Å²) in [5.41, 5.74) is -0.822. The molecule has 21 heavy (non-hydrogen) atoms. The van der Waals surface area contributed by atoms with Crippen LogP contribution in [0.1, 0.15) is 27.0 Å². The Balaban J connectivity index is 2.15. The summed E-state index contributed by atoms with van der Waals surface area (Å²) in [6.07, 6.45) is 0.950. The molecule has 2 aromatic rings. The largest absolute Gasteiger partial charge is 0.488 e. The van der Waals surface area contributed by atoms with Crippen LogP contribution >= 0.6 is 11.3 Å². The number of carboxylic acid groups (broad SMARTS) is 1. The zero-order valence-corrected chi connectivity index (χ0v) is 12.1. The highest BCUT2D eigenvalue weighted by Gasteiger charge is 2.20. The topological polar surface area (TPSA) is 89.7 Å².